The molecule has 0 aliphatic heterocycles. The van der Waals surface area contributed by atoms with Crippen molar-refractivity contribution in [3.63, 3.8) is 0 Å². The van der Waals surface area contributed by atoms with E-state index in [-0.39, 0.29) is 0 Å². The predicted octanol–water partition coefficient (Wildman–Crippen LogP) is 3.45. The molecule has 1 aromatic carbocycles. The Balaban J connectivity index is 2.41. The molecule has 0 unspecified atom stereocenters. The van der Waals surface area contributed by atoms with Gasteiger partial charge in [0.05, 0.1) is 24.9 Å². The summed E-state index contributed by atoms with van der Waals surface area (Å²) in [5, 5.41) is 14.4. The van der Waals surface area contributed by atoms with Gasteiger partial charge in [-0.25, -0.2) is 0 Å². The molecule has 0 radical (unpaired) electrons. The van der Waals surface area contributed by atoms with Gasteiger partial charge in [0.15, 0.2) is 0 Å². The summed E-state index contributed by atoms with van der Waals surface area (Å²) in [4.78, 5) is 0. The molecule has 0 spiro atoms. The third-order valence-corrected chi connectivity index (χ3v) is 3.34. The van der Waals surface area contributed by atoms with Gasteiger partial charge in [0.2, 0.25) is 0 Å². The number of methoxy groups -OCH3 is 1. The molecule has 1 N–H and O–H groups in total. The highest BCUT2D eigenvalue weighted by molar-refractivity contribution is 5.69. The van der Waals surface area contributed by atoms with Crippen LogP contribution in [0, 0.1) is 0 Å². The van der Waals surface area contributed by atoms with Crippen LogP contribution in [0.25, 0.3) is 11.3 Å². The summed E-state index contributed by atoms with van der Waals surface area (Å²) in [6, 6.07) is 8.08. The lowest BCUT2D eigenvalue weighted by molar-refractivity contribution is 0.0578. The quantitative estimate of drug-likeness (QED) is 0.916. The maximum absolute atomic E-state index is 9.88. The summed E-state index contributed by atoms with van der Waals surface area (Å²) in [7, 11) is 1.69. The summed E-state index contributed by atoms with van der Waals surface area (Å²) < 4.78 is 7.36. The first kappa shape index (κ1) is 15.6. The molecule has 0 fully saturated rings. The number of hydrogen-bond acceptors (Lipinski definition) is 3. The zero-order valence-electron chi connectivity index (χ0n) is 13.4. The molecular formula is C17H24N2O2. The van der Waals surface area contributed by atoms with Crippen molar-refractivity contribution in [1.82, 2.24) is 9.78 Å². The molecule has 114 valence electrons. The number of para-hydroxylation sites is 1. The molecule has 0 atom stereocenters. The molecule has 1 heterocycles. The highest BCUT2D eigenvalue weighted by Crippen LogP contribution is 2.35. The molecule has 4 nitrogen and oxygen atoms in total. The number of aromatic nitrogens is 2. The van der Waals surface area contributed by atoms with Gasteiger partial charge < -0.3 is 9.84 Å². The summed E-state index contributed by atoms with van der Waals surface area (Å²) in [6.07, 6.45) is 1.88. The minimum atomic E-state index is -0.785. The molecule has 2 aromatic rings. The predicted molar refractivity (Wildman–Crippen MR) is 84.6 cm³/mol. The van der Waals surface area contributed by atoms with Crippen molar-refractivity contribution < 1.29 is 9.84 Å². The Morgan fingerprint density at radius 1 is 1.29 bits per heavy atom. The normalized spacial score (nSPS) is 12.0. The van der Waals surface area contributed by atoms with Gasteiger partial charge in [0.25, 0.3) is 0 Å². The van der Waals surface area contributed by atoms with Crippen molar-refractivity contribution in [2.24, 2.45) is 0 Å². The van der Waals surface area contributed by atoms with E-state index in [0.29, 0.717) is 12.5 Å². The maximum atomic E-state index is 9.88. The molecule has 0 saturated carbocycles. The summed E-state index contributed by atoms with van der Waals surface area (Å²) in [5.74, 6) is 1.26. The van der Waals surface area contributed by atoms with Crippen LogP contribution >= 0.6 is 0 Å². The Bertz CT molecular complexity index is 609. The minimum Gasteiger partial charge on any atom is -0.496 e. The summed E-state index contributed by atoms with van der Waals surface area (Å²) >= 11 is 0. The van der Waals surface area contributed by atoms with E-state index in [1.807, 2.05) is 24.4 Å². The van der Waals surface area contributed by atoms with Gasteiger partial charge in [0.1, 0.15) is 5.75 Å². The largest absolute Gasteiger partial charge is 0.496 e. The summed E-state index contributed by atoms with van der Waals surface area (Å²) in [6.45, 7) is 8.30. The van der Waals surface area contributed by atoms with Crippen molar-refractivity contribution in [3.8, 4) is 17.0 Å². The van der Waals surface area contributed by atoms with Gasteiger partial charge in [-0.1, -0.05) is 26.0 Å². The van der Waals surface area contributed by atoms with Crippen LogP contribution in [-0.2, 0) is 6.54 Å². The van der Waals surface area contributed by atoms with Crippen LogP contribution in [0.3, 0.4) is 0 Å². The Morgan fingerprint density at radius 3 is 2.57 bits per heavy atom. The van der Waals surface area contributed by atoms with E-state index >= 15 is 0 Å². The van der Waals surface area contributed by atoms with Crippen molar-refractivity contribution >= 4 is 0 Å². The van der Waals surface area contributed by atoms with E-state index < -0.39 is 5.60 Å². The topological polar surface area (TPSA) is 47.3 Å². The van der Waals surface area contributed by atoms with Gasteiger partial charge in [-0.15, -0.1) is 0 Å². The van der Waals surface area contributed by atoms with Crippen LogP contribution in [0.5, 0.6) is 5.75 Å². The standard InChI is InChI=1S/C17H24N2O2/c1-12(2)13-7-6-8-14(16(13)21-5)15-9-10-19(18-15)11-17(3,4)20/h6-10,12,20H,11H2,1-5H3. The van der Waals surface area contributed by atoms with E-state index in [1.54, 1.807) is 25.6 Å². The van der Waals surface area contributed by atoms with Gasteiger partial charge in [-0.05, 0) is 37.5 Å². The van der Waals surface area contributed by atoms with Crippen molar-refractivity contribution in [2.45, 2.75) is 45.8 Å². The van der Waals surface area contributed by atoms with Crippen molar-refractivity contribution in [3.05, 3.63) is 36.0 Å². The molecule has 4 heteroatoms. The first-order valence-corrected chi connectivity index (χ1v) is 7.25. The van der Waals surface area contributed by atoms with Gasteiger partial charge in [-0.3, -0.25) is 4.68 Å². The average Bonchev–Trinajstić information content (AvgIpc) is 2.83. The summed E-state index contributed by atoms with van der Waals surface area (Å²) in [5.41, 5.74) is 2.23. The van der Waals surface area contributed by atoms with Crippen LogP contribution in [0.15, 0.2) is 30.5 Å². The molecule has 0 amide bonds. The number of nitrogens with zero attached hydrogens (tertiary/aromatic N) is 2. The average molecular weight is 288 g/mol. The van der Waals surface area contributed by atoms with Crippen molar-refractivity contribution in [2.75, 3.05) is 7.11 Å². The Kier molecular flexibility index (Phi) is 4.37. The number of ether oxygens (including phenoxy) is 1. The maximum Gasteiger partial charge on any atom is 0.131 e. The van der Waals surface area contributed by atoms with E-state index in [1.165, 1.54) is 5.56 Å². The highest BCUT2D eigenvalue weighted by atomic mass is 16.5. The molecule has 0 aliphatic carbocycles. The van der Waals surface area contributed by atoms with Gasteiger partial charge in [0, 0.05) is 11.8 Å². The van der Waals surface area contributed by atoms with Crippen LogP contribution in [-0.4, -0.2) is 27.6 Å². The van der Waals surface area contributed by atoms with Crippen LogP contribution in [0.4, 0.5) is 0 Å². The monoisotopic (exact) mass is 288 g/mol. The first-order chi connectivity index (χ1) is 9.81. The highest BCUT2D eigenvalue weighted by Gasteiger charge is 2.17. The third-order valence-electron chi connectivity index (χ3n) is 3.34. The second kappa shape index (κ2) is 5.90. The van der Waals surface area contributed by atoms with Crippen LogP contribution in [0.1, 0.15) is 39.2 Å². The minimum absolute atomic E-state index is 0.387. The molecule has 0 bridgehead atoms. The molecule has 1 aromatic heterocycles. The fourth-order valence-corrected chi connectivity index (χ4v) is 2.43. The van der Waals surface area contributed by atoms with E-state index in [9.17, 15) is 5.11 Å². The number of hydrogen-bond donors (Lipinski definition) is 1. The zero-order valence-corrected chi connectivity index (χ0v) is 13.4. The molecule has 2 rings (SSSR count). The van der Waals surface area contributed by atoms with E-state index in [0.717, 1.165) is 17.0 Å². The zero-order chi connectivity index (χ0) is 15.6. The van der Waals surface area contributed by atoms with E-state index in [4.69, 9.17) is 4.74 Å². The number of benzene rings is 1. The SMILES string of the molecule is COc1c(-c2ccn(CC(C)(C)O)n2)cccc1C(C)C. The Hall–Kier alpha value is -1.81. The first-order valence-electron chi connectivity index (χ1n) is 7.25. The number of rotatable bonds is 5. The van der Waals surface area contributed by atoms with Crippen LogP contribution in [0.2, 0.25) is 0 Å². The van der Waals surface area contributed by atoms with Gasteiger partial charge >= 0.3 is 0 Å². The fraction of sp³-hybridized carbons (Fsp3) is 0.471. The third kappa shape index (κ3) is 3.64. The molecule has 0 saturated heterocycles. The second-order valence-electron chi connectivity index (χ2n) is 6.29. The second-order valence-corrected chi connectivity index (χ2v) is 6.29. The lowest BCUT2D eigenvalue weighted by atomic mass is 9.98. The fourth-order valence-electron chi connectivity index (χ4n) is 2.43. The lowest BCUT2D eigenvalue weighted by Crippen LogP contribution is -2.26. The van der Waals surface area contributed by atoms with Crippen molar-refractivity contribution in [1.29, 1.82) is 0 Å². The molecule has 21 heavy (non-hydrogen) atoms. The number of aliphatic hydroxyl groups is 1. The van der Waals surface area contributed by atoms with E-state index in [2.05, 4.69) is 25.0 Å². The van der Waals surface area contributed by atoms with Gasteiger partial charge in [-0.2, -0.15) is 5.10 Å². The lowest BCUT2D eigenvalue weighted by Gasteiger charge is -2.17. The molecule has 0 aliphatic rings. The Labute approximate surface area is 126 Å². The smallest absolute Gasteiger partial charge is 0.131 e. The molecular weight excluding hydrogens is 264 g/mol. The Morgan fingerprint density at radius 2 is 2.00 bits per heavy atom. The van der Waals surface area contributed by atoms with Crippen LogP contribution < -0.4 is 4.74 Å².